The van der Waals surface area contributed by atoms with Crippen LogP contribution in [0.15, 0.2) is 0 Å². The first-order chi connectivity index (χ1) is 8.12. The molecule has 18 heavy (non-hydrogen) atoms. The van der Waals surface area contributed by atoms with Crippen LogP contribution in [0.4, 0.5) is 17.6 Å². The lowest BCUT2D eigenvalue weighted by molar-refractivity contribution is -0.890. The summed E-state index contributed by atoms with van der Waals surface area (Å²) in [5, 5.41) is 11.0. The fourth-order valence-electron chi connectivity index (χ4n) is 1.36. The quantitative estimate of drug-likeness (QED) is 0.354. The molecule has 1 aromatic rings. The van der Waals surface area contributed by atoms with E-state index in [2.05, 4.69) is 36.4 Å². The van der Waals surface area contributed by atoms with Crippen molar-refractivity contribution >= 4 is 23.3 Å². The molecule has 100 valence electrons. The fourth-order valence-corrected chi connectivity index (χ4v) is 1.36. The minimum Gasteiger partial charge on any atom is -0.383 e. The predicted molar refractivity (Wildman–Crippen MR) is 74.5 cm³/mol. The first-order valence-corrected chi connectivity index (χ1v) is 5.69. The van der Waals surface area contributed by atoms with E-state index in [4.69, 9.17) is 16.9 Å². The molecule has 6 N–H and O–H groups in total. The molecule has 0 aliphatic heterocycles. The van der Waals surface area contributed by atoms with Crippen molar-refractivity contribution in [1.82, 2.24) is 9.97 Å². The minimum absolute atomic E-state index is 0.0943. The number of nitrogens with two attached hydrogens (primary N) is 2. The van der Waals surface area contributed by atoms with E-state index in [0.717, 1.165) is 0 Å². The topological polar surface area (TPSA) is 114 Å². The summed E-state index contributed by atoms with van der Waals surface area (Å²) in [4.78, 5) is 8.02. The molecule has 7 nitrogen and oxygen atoms in total. The highest BCUT2D eigenvalue weighted by Gasteiger charge is 2.22. The van der Waals surface area contributed by atoms with Crippen molar-refractivity contribution in [2.45, 2.75) is 20.0 Å². The van der Waals surface area contributed by atoms with Crippen molar-refractivity contribution in [1.29, 1.82) is 5.41 Å². The van der Waals surface area contributed by atoms with Crippen LogP contribution in [0.5, 0.6) is 0 Å². The molecule has 1 rings (SSSR count). The van der Waals surface area contributed by atoms with E-state index in [9.17, 15) is 0 Å². The largest absolute Gasteiger partial charge is 0.383 e. The number of aromatic nitrogens is 2. The Bertz CT molecular complexity index is 461. The van der Waals surface area contributed by atoms with Crippen molar-refractivity contribution < 1.29 is 4.48 Å². The Kier molecular flexibility index (Phi) is 3.76. The van der Waals surface area contributed by atoms with Gasteiger partial charge in [0.2, 0.25) is 5.95 Å². The van der Waals surface area contributed by atoms with Crippen molar-refractivity contribution in [2.75, 3.05) is 37.9 Å². The van der Waals surface area contributed by atoms with Crippen LogP contribution >= 0.6 is 0 Å². The number of quaternary nitrogens is 1. The molecule has 0 spiro atoms. The lowest BCUT2D eigenvalue weighted by atomic mass is 10.2. The summed E-state index contributed by atoms with van der Waals surface area (Å²) in [5.41, 5.74) is 12.2. The standard InChI is InChI=1S/C11H22N7/c1-6(12)8-9(13)16-11(14)17-10(8)15-7(2)18(3,4)5/h7,12H,1-5H3,(H5,13,14,15,16,17)/q+1. The van der Waals surface area contributed by atoms with Crippen molar-refractivity contribution in [3.8, 4) is 0 Å². The Morgan fingerprint density at radius 3 is 2.28 bits per heavy atom. The normalized spacial score (nSPS) is 13.2. The van der Waals surface area contributed by atoms with Crippen LogP contribution in [0.3, 0.4) is 0 Å². The molecule has 1 aromatic heterocycles. The summed E-state index contributed by atoms with van der Waals surface area (Å²) in [6.45, 7) is 3.67. The number of rotatable bonds is 4. The summed E-state index contributed by atoms with van der Waals surface area (Å²) >= 11 is 0. The molecule has 0 saturated carbocycles. The van der Waals surface area contributed by atoms with E-state index in [1.165, 1.54) is 0 Å². The van der Waals surface area contributed by atoms with Gasteiger partial charge in [-0.25, -0.2) is 0 Å². The summed E-state index contributed by atoms with van der Waals surface area (Å²) in [5.74, 6) is 0.841. The molecule has 1 heterocycles. The molecule has 0 aliphatic rings. The van der Waals surface area contributed by atoms with E-state index in [0.29, 0.717) is 21.6 Å². The van der Waals surface area contributed by atoms with Gasteiger partial charge >= 0.3 is 0 Å². The van der Waals surface area contributed by atoms with Crippen molar-refractivity contribution in [3.05, 3.63) is 5.56 Å². The van der Waals surface area contributed by atoms with E-state index in [1.54, 1.807) is 6.92 Å². The molecule has 0 aliphatic carbocycles. The van der Waals surface area contributed by atoms with Crippen LogP contribution < -0.4 is 16.8 Å². The zero-order valence-corrected chi connectivity index (χ0v) is 11.6. The molecule has 0 saturated heterocycles. The summed E-state index contributed by atoms with van der Waals surface area (Å²) in [7, 11) is 6.17. The van der Waals surface area contributed by atoms with Crippen LogP contribution in [0.25, 0.3) is 0 Å². The van der Waals surface area contributed by atoms with E-state index in [-0.39, 0.29) is 17.9 Å². The van der Waals surface area contributed by atoms with Gasteiger partial charge in [0, 0.05) is 12.6 Å². The maximum Gasteiger partial charge on any atom is 0.223 e. The van der Waals surface area contributed by atoms with Crippen molar-refractivity contribution in [2.24, 2.45) is 0 Å². The highest BCUT2D eigenvalue weighted by molar-refractivity contribution is 6.04. The third-order valence-electron chi connectivity index (χ3n) is 2.84. The fraction of sp³-hybridized carbons (Fsp3) is 0.545. The Morgan fingerprint density at radius 1 is 1.28 bits per heavy atom. The second-order valence-electron chi connectivity index (χ2n) is 5.25. The molecule has 1 unspecified atom stereocenters. The number of hydrogen-bond donors (Lipinski definition) is 4. The van der Waals surface area contributed by atoms with Crippen molar-refractivity contribution in [3.63, 3.8) is 0 Å². The van der Waals surface area contributed by atoms with Gasteiger partial charge in [-0.15, -0.1) is 0 Å². The third kappa shape index (κ3) is 3.07. The number of nitrogen functional groups attached to an aromatic ring is 2. The SMILES string of the molecule is CC(=N)c1c(N)nc(N)nc1NC(C)[N+](C)(C)C. The van der Waals surface area contributed by atoms with E-state index < -0.39 is 0 Å². The monoisotopic (exact) mass is 252 g/mol. The van der Waals surface area contributed by atoms with Gasteiger partial charge in [0.05, 0.1) is 26.7 Å². The Balaban J connectivity index is 3.19. The first-order valence-electron chi connectivity index (χ1n) is 5.69. The summed E-state index contributed by atoms with van der Waals surface area (Å²) in [6.07, 6.45) is 0.0943. The van der Waals surface area contributed by atoms with Gasteiger partial charge in [0.15, 0.2) is 6.17 Å². The molecule has 0 radical (unpaired) electrons. The second-order valence-corrected chi connectivity index (χ2v) is 5.25. The number of nitrogens with zero attached hydrogens (tertiary/aromatic N) is 3. The maximum absolute atomic E-state index is 7.74. The van der Waals surface area contributed by atoms with Gasteiger partial charge in [-0.2, -0.15) is 9.97 Å². The molecular weight excluding hydrogens is 230 g/mol. The minimum atomic E-state index is 0.0943. The van der Waals surface area contributed by atoms with Gasteiger partial charge in [0.25, 0.3) is 0 Å². The number of nitrogens with one attached hydrogen (secondary N) is 2. The molecular formula is C11H22N7+. The van der Waals surface area contributed by atoms with Gasteiger partial charge < -0.3 is 26.7 Å². The molecule has 0 fully saturated rings. The molecule has 0 aromatic carbocycles. The van der Waals surface area contributed by atoms with E-state index in [1.807, 2.05) is 6.92 Å². The van der Waals surface area contributed by atoms with E-state index >= 15 is 0 Å². The van der Waals surface area contributed by atoms with Gasteiger partial charge in [-0.3, -0.25) is 0 Å². The second kappa shape index (κ2) is 4.77. The summed E-state index contributed by atoms with van der Waals surface area (Å²) in [6, 6.07) is 0. The predicted octanol–water partition coefficient (Wildman–Crippen LogP) is 0.493. The van der Waals surface area contributed by atoms with Gasteiger partial charge in [0.1, 0.15) is 11.6 Å². The Labute approximate surface area is 107 Å². The molecule has 0 amide bonds. The van der Waals surface area contributed by atoms with Crippen LogP contribution in [0.1, 0.15) is 19.4 Å². The highest BCUT2D eigenvalue weighted by Crippen LogP contribution is 2.21. The van der Waals surface area contributed by atoms with Gasteiger partial charge in [-0.1, -0.05) is 0 Å². The zero-order valence-electron chi connectivity index (χ0n) is 11.6. The van der Waals surface area contributed by atoms with Crippen LogP contribution in [-0.4, -0.2) is 47.5 Å². The number of hydrogen-bond acceptors (Lipinski definition) is 6. The summed E-state index contributed by atoms with van der Waals surface area (Å²) < 4.78 is 0.695. The molecule has 7 heteroatoms. The van der Waals surface area contributed by atoms with Crippen LogP contribution in [0, 0.1) is 5.41 Å². The average molecular weight is 252 g/mol. The first kappa shape index (κ1) is 14.2. The van der Waals surface area contributed by atoms with Crippen LogP contribution in [-0.2, 0) is 0 Å². The zero-order chi connectivity index (χ0) is 14.1. The highest BCUT2D eigenvalue weighted by atomic mass is 15.4. The lowest BCUT2D eigenvalue weighted by Gasteiger charge is -2.32. The average Bonchev–Trinajstić information content (AvgIpc) is 2.13. The lowest BCUT2D eigenvalue weighted by Crippen LogP contribution is -2.48. The maximum atomic E-state index is 7.74. The molecule has 1 atom stereocenters. The van der Waals surface area contributed by atoms with Crippen LogP contribution in [0.2, 0.25) is 0 Å². The van der Waals surface area contributed by atoms with Gasteiger partial charge in [-0.05, 0) is 6.92 Å². The molecule has 0 bridgehead atoms. The third-order valence-corrected chi connectivity index (χ3v) is 2.84. The number of anilines is 3. The Hall–Kier alpha value is -1.89. The smallest absolute Gasteiger partial charge is 0.223 e. The Morgan fingerprint density at radius 2 is 1.83 bits per heavy atom.